The van der Waals surface area contributed by atoms with Gasteiger partial charge in [-0.05, 0) is 49.3 Å². The van der Waals surface area contributed by atoms with Crippen molar-refractivity contribution in [3.8, 4) is 0 Å². The minimum Gasteiger partial charge on any atom is -0.465 e. The summed E-state index contributed by atoms with van der Waals surface area (Å²) in [7, 11) is -3.08. The Labute approximate surface area is 167 Å². The van der Waals surface area contributed by atoms with E-state index < -0.39 is 15.9 Å². The fourth-order valence-corrected chi connectivity index (χ4v) is 3.92. The number of carboxylic acid groups (broad SMARTS) is 1. The lowest BCUT2D eigenvalue weighted by atomic mass is 9.91. The van der Waals surface area contributed by atoms with E-state index >= 15 is 0 Å². The van der Waals surface area contributed by atoms with Crippen LogP contribution in [0.2, 0.25) is 0 Å². The fraction of sp³-hybridized carbons (Fsp3) is 0.600. The summed E-state index contributed by atoms with van der Waals surface area (Å²) in [5.74, 6) is 0.295. The number of nitrogens with one attached hydrogen (secondary N) is 1. The maximum atomic E-state index is 12.0. The van der Waals surface area contributed by atoms with Gasteiger partial charge in [-0.3, -0.25) is 4.79 Å². The highest BCUT2D eigenvalue weighted by Gasteiger charge is 2.21. The van der Waals surface area contributed by atoms with E-state index in [2.05, 4.69) is 5.32 Å². The second-order valence-electron chi connectivity index (χ2n) is 7.54. The molecule has 1 saturated heterocycles. The van der Waals surface area contributed by atoms with Gasteiger partial charge in [0.25, 0.3) is 5.91 Å². The molecule has 156 valence electrons. The van der Waals surface area contributed by atoms with Crippen molar-refractivity contribution in [2.75, 3.05) is 31.6 Å². The molecule has 0 radical (unpaired) electrons. The van der Waals surface area contributed by atoms with Gasteiger partial charge in [0.05, 0.1) is 5.75 Å². The molecule has 2 rings (SSSR count). The molecular formula is C20H30N2O5S. The predicted octanol–water partition coefficient (Wildman–Crippen LogP) is 2.56. The van der Waals surface area contributed by atoms with E-state index in [0.717, 1.165) is 44.8 Å². The van der Waals surface area contributed by atoms with Crippen LogP contribution in [0.4, 0.5) is 4.79 Å². The fourth-order valence-electron chi connectivity index (χ4n) is 3.45. The first-order valence-corrected chi connectivity index (χ1v) is 11.8. The Hall–Kier alpha value is -2.09. The predicted molar refractivity (Wildman–Crippen MR) is 108 cm³/mol. The number of aryl methyl sites for hydroxylation is 1. The third-order valence-electron chi connectivity index (χ3n) is 5.19. The molecule has 0 saturated carbocycles. The Bertz CT molecular complexity index is 753. The highest BCUT2D eigenvalue weighted by molar-refractivity contribution is 7.90. The van der Waals surface area contributed by atoms with Gasteiger partial charge in [-0.1, -0.05) is 25.0 Å². The summed E-state index contributed by atoms with van der Waals surface area (Å²) in [6, 6.07) is 7.42. The zero-order valence-corrected chi connectivity index (χ0v) is 17.2. The molecule has 2 N–H and O–H groups in total. The maximum absolute atomic E-state index is 12.0. The molecule has 1 aromatic carbocycles. The number of benzene rings is 1. The van der Waals surface area contributed by atoms with Gasteiger partial charge in [0.15, 0.2) is 0 Å². The van der Waals surface area contributed by atoms with E-state index in [1.807, 2.05) is 12.1 Å². The number of hydrogen-bond donors (Lipinski definition) is 2. The average Bonchev–Trinajstić information content (AvgIpc) is 2.65. The Balaban J connectivity index is 1.65. The number of likely N-dealkylation sites (tertiary alicyclic amines) is 1. The van der Waals surface area contributed by atoms with E-state index in [0.29, 0.717) is 24.6 Å². The van der Waals surface area contributed by atoms with Crippen LogP contribution in [0.5, 0.6) is 0 Å². The van der Waals surface area contributed by atoms with Gasteiger partial charge < -0.3 is 15.3 Å². The summed E-state index contributed by atoms with van der Waals surface area (Å²) in [5, 5.41) is 11.6. The maximum Gasteiger partial charge on any atom is 0.407 e. The van der Waals surface area contributed by atoms with Crippen molar-refractivity contribution in [3.63, 3.8) is 0 Å². The molecule has 7 nitrogen and oxygen atoms in total. The highest BCUT2D eigenvalue weighted by atomic mass is 32.2. The van der Waals surface area contributed by atoms with Crippen LogP contribution in [-0.4, -0.2) is 62.1 Å². The van der Waals surface area contributed by atoms with Gasteiger partial charge in [0.1, 0.15) is 9.84 Å². The average molecular weight is 411 g/mol. The molecule has 1 aromatic rings. The van der Waals surface area contributed by atoms with Gasteiger partial charge in [-0.2, -0.15) is 0 Å². The van der Waals surface area contributed by atoms with Gasteiger partial charge in [0, 0.05) is 31.5 Å². The topological polar surface area (TPSA) is 104 Å². The molecule has 0 atom stereocenters. The summed E-state index contributed by atoms with van der Waals surface area (Å²) in [4.78, 5) is 24.4. The first-order valence-electron chi connectivity index (χ1n) is 9.77. The second kappa shape index (κ2) is 10.5. The number of hydrogen-bond acceptors (Lipinski definition) is 4. The summed E-state index contributed by atoms with van der Waals surface area (Å²) in [6.07, 6.45) is 6.51. The second-order valence-corrected chi connectivity index (χ2v) is 9.80. The molecule has 1 aliphatic rings. The molecule has 0 unspecified atom stereocenters. The van der Waals surface area contributed by atoms with Gasteiger partial charge in [-0.25, -0.2) is 13.2 Å². The van der Waals surface area contributed by atoms with Crippen molar-refractivity contribution in [3.05, 3.63) is 35.4 Å². The van der Waals surface area contributed by atoms with Crippen LogP contribution in [0.1, 0.15) is 48.0 Å². The number of amides is 2. The standard InChI is InChI=1S/C20H30N2O5S/c1-28(26,27)15-12-21-19(23)18-8-6-16(7-9-18)4-2-3-5-17-10-13-22(14-11-17)20(24)25/h6-9,17H,2-5,10-15H2,1H3,(H,21,23)(H,24,25). The van der Waals surface area contributed by atoms with Gasteiger partial charge >= 0.3 is 6.09 Å². The van der Waals surface area contributed by atoms with Crippen LogP contribution in [0.15, 0.2) is 24.3 Å². The molecule has 2 amide bonds. The normalized spacial score (nSPS) is 15.4. The van der Waals surface area contributed by atoms with Crippen molar-refractivity contribution < 1.29 is 23.1 Å². The number of piperidine rings is 1. The molecule has 28 heavy (non-hydrogen) atoms. The van der Waals surface area contributed by atoms with Crippen molar-refractivity contribution >= 4 is 21.8 Å². The van der Waals surface area contributed by atoms with Crippen LogP contribution < -0.4 is 5.32 Å². The van der Waals surface area contributed by atoms with Crippen molar-refractivity contribution in [2.24, 2.45) is 5.92 Å². The van der Waals surface area contributed by atoms with E-state index in [1.165, 1.54) is 10.5 Å². The molecule has 1 heterocycles. The largest absolute Gasteiger partial charge is 0.465 e. The van der Waals surface area contributed by atoms with E-state index in [-0.39, 0.29) is 18.2 Å². The minimum atomic E-state index is -3.08. The number of rotatable bonds is 9. The Morgan fingerprint density at radius 1 is 1.14 bits per heavy atom. The smallest absolute Gasteiger partial charge is 0.407 e. The molecule has 0 bridgehead atoms. The lowest BCUT2D eigenvalue weighted by molar-refractivity contribution is 0.0956. The van der Waals surface area contributed by atoms with Gasteiger partial charge in [-0.15, -0.1) is 0 Å². The third-order valence-corrected chi connectivity index (χ3v) is 6.13. The molecule has 0 aromatic heterocycles. The number of carbonyl (C=O) groups is 2. The summed E-state index contributed by atoms with van der Waals surface area (Å²) >= 11 is 0. The number of sulfone groups is 1. The van der Waals surface area contributed by atoms with E-state index in [1.54, 1.807) is 12.1 Å². The first-order chi connectivity index (χ1) is 13.2. The Morgan fingerprint density at radius 2 is 1.79 bits per heavy atom. The van der Waals surface area contributed by atoms with Crippen molar-refractivity contribution in [2.45, 2.75) is 38.5 Å². The first kappa shape index (κ1) is 22.2. The van der Waals surface area contributed by atoms with Crippen LogP contribution in [0.25, 0.3) is 0 Å². The lowest BCUT2D eigenvalue weighted by Gasteiger charge is -2.29. The summed E-state index contributed by atoms with van der Waals surface area (Å²) < 4.78 is 22.2. The summed E-state index contributed by atoms with van der Waals surface area (Å²) in [5.41, 5.74) is 1.70. The highest BCUT2D eigenvalue weighted by Crippen LogP contribution is 2.23. The quantitative estimate of drug-likeness (QED) is 0.609. The SMILES string of the molecule is CS(=O)(=O)CCNC(=O)c1ccc(CCCCC2CCN(C(=O)O)CC2)cc1. The Kier molecular flexibility index (Phi) is 8.29. The molecular weight excluding hydrogens is 380 g/mol. The monoisotopic (exact) mass is 410 g/mol. The Morgan fingerprint density at radius 3 is 2.36 bits per heavy atom. The van der Waals surface area contributed by atoms with E-state index in [4.69, 9.17) is 5.11 Å². The van der Waals surface area contributed by atoms with Crippen LogP contribution >= 0.6 is 0 Å². The number of unbranched alkanes of at least 4 members (excludes halogenated alkanes) is 1. The number of carbonyl (C=O) groups excluding carboxylic acids is 1. The lowest BCUT2D eigenvalue weighted by Crippen LogP contribution is -2.37. The van der Waals surface area contributed by atoms with Crippen LogP contribution in [0.3, 0.4) is 0 Å². The molecule has 1 fully saturated rings. The van der Waals surface area contributed by atoms with Crippen LogP contribution in [-0.2, 0) is 16.3 Å². The minimum absolute atomic E-state index is 0.0633. The summed E-state index contributed by atoms with van der Waals surface area (Å²) in [6.45, 7) is 1.41. The molecule has 0 aliphatic carbocycles. The van der Waals surface area contributed by atoms with Crippen molar-refractivity contribution in [1.82, 2.24) is 10.2 Å². The van der Waals surface area contributed by atoms with E-state index in [9.17, 15) is 18.0 Å². The van der Waals surface area contributed by atoms with Crippen LogP contribution in [0, 0.1) is 5.92 Å². The third kappa shape index (κ3) is 7.88. The zero-order valence-electron chi connectivity index (χ0n) is 16.4. The van der Waals surface area contributed by atoms with Crippen molar-refractivity contribution in [1.29, 1.82) is 0 Å². The zero-order chi connectivity index (χ0) is 20.6. The molecule has 8 heteroatoms. The van der Waals surface area contributed by atoms with Gasteiger partial charge in [0.2, 0.25) is 0 Å². The molecule has 1 aliphatic heterocycles. The number of nitrogens with zero attached hydrogens (tertiary/aromatic N) is 1. The molecule has 0 spiro atoms.